The lowest BCUT2D eigenvalue weighted by molar-refractivity contribution is 1.04. The Morgan fingerprint density at radius 3 is 2.64 bits per heavy atom. The van der Waals surface area contributed by atoms with Gasteiger partial charge in [0, 0.05) is 8.04 Å². The van der Waals surface area contributed by atoms with E-state index < -0.39 is 0 Å². The summed E-state index contributed by atoms with van der Waals surface area (Å²) in [5.74, 6) is 0.116. The molecule has 0 saturated heterocycles. The van der Waals surface area contributed by atoms with E-state index in [9.17, 15) is 0 Å². The highest BCUT2D eigenvalue weighted by Gasteiger charge is 2.01. The van der Waals surface area contributed by atoms with Crippen LogP contribution in [0.2, 0.25) is 0 Å². The summed E-state index contributed by atoms with van der Waals surface area (Å²) in [4.78, 5) is 3.94. The van der Waals surface area contributed by atoms with Crippen molar-refractivity contribution in [2.75, 3.05) is 0 Å². The van der Waals surface area contributed by atoms with Crippen LogP contribution in [0, 0.1) is 3.57 Å². The normalized spacial score (nSPS) is 9.00. The lowest BCUT2D eigenvalue weighted by Crippen LogP contribution is -2.22. The molecule has 0 bridgehead atoms. The third-order valence-electron chi connectivity index (χ3n) is 1.46. The zero-order chi connectivity index (χ0) is 9.84. The summed E-state index contributed by atoms with van der Waals surface area (Å²) in [6.07, 6.45) is 0. The molecule has 0 unspecified atom stereocenters. The van der Waals surface area contributed by atoms with Crippen LogP contribution >= 0.6 is 50.9 Å². The minimum absolute atomic E-state index is 0. The predicted molar refractivity (Wildman–Crippen MR) is 73.6 cm³/mol. The monoisotopic (exact) mass is 389 g/mol. The predicted octanol–water partition coefficient (Wildman–Crippen LogP) is 2.25. The molecule has 6 heteroatoms. The van der Waals surface area contributed by atoms with Gasteiger partial charge in [0.25, 0.3) is 0 Å². The molecule has 0 aromatic heterocycles. The molecule has 0 heterocycles. The van der Waals surface area contributed by atoms with Gasteiger partial charge in [-0.25, -0.2) is 4.99 Å². The minimum Gasteiger partial charge on any atom is -0.370 e. The topological polar surface area (TPSA) is 64.4 Å². The van der Waals surface area contributed by atoms with Gasteiger partial charge in [-0.3, -0.25) is 0 Å². The van der Waals surface area contributed by atoms with Gasteiger partial charge < -0.3 is 11.5 Å². The average Bonchev–Trinajstić information content (AvgIpc) is 2.07. The van der Waals surface area contributed by atoms with Crippen molar-refractivity contribution in [2.24, 2.45) is 16.5 Å². The average molecular weight is 390 g/mol. The molecule has 0 aliphatic rings. The molecular formula is C8H10BrClIN3. The van der Waals surface area contributed by atoms with E-state index in [0.717, 1.165) is 13.6 Å². The highest BCUT2D eigenvalue weighted by atomic mass is 127. The van der Waals surface area contributed by atoms with E-state index in [1.54, 1.807) is 0 Å². The summed E-state index contributed by atoms with van der Waals surface area (Å²) in [6, 6.07) is 5.98. The van der Waals surface area contributed by atoms with Gasteiger partial charge in [-0.2, -0.15) is 0 Å². The largest absolute Gasteiger partial charge is 0.370 e. The standard InChI is InChI=1S/C8H9BrIN3.ClH/c9-7-5(4-13-8(11)12)2-1-3-6(7)10;/h1-3H,4H2,(H4,11,12,13);1H. The molecule has 0 radical (unpaired) electrons. The van der Waals surface area contributed by atoms with Crippen LogP contribution in [0.3, 0.4) is 0 Å². The molecule has 1 rings (SSSR count). The van der Waals surface area contributed by atoms with Gasteiger partial charge in [0.15, 0.2) is 5.96 Å². The van der Waals surface area contributed by atoms with Crippen molar-refractivity contribution in [3.05, 3.63) is 31.8 Å². The second-order valence-electron chi connectivity index (χ2n) is 2.45. The highest BCUT2D eigenvalue weighted by Crippen LogP contribution is 2.23. The third kappa shape index (κ3) is 4.02. The van der Waals surface area contributed by atoms with E-state index in [1.165, 1.54) is 0 Å². The van der Waals surface area contributed by atoms with Crippen molar-refractivity contribution in [1.29, 1.82) is 0 Å². The van der Waals surface area contributed by atoms with Crippen LogP contribution in [-0.2, 0) is 6.54 Å². The number of halogens is 3. The van der Waals surface area contributed by atoms with Gasteiger partial charge in [-0.15, -0.1) is 12.4 Å². The Morgan fingerprint density at radius 2 is 2.07 bits per heavy atom. The van der Waals surface area contributed by atoms with Crippen molar-refractivity contribution in [1.82, 2.24) is 0 Å². The Hall–Kier alpha value is -0.0100. The molecule has 0 amide bonds. The molecule has 1 aromatic carbocycles. The van der Waals surface area contributed by atoms with Gasteiger partial charge in [0.05, 0.1) is 6.54 Å². The summed E-state index contributed by atoms with van der Waals surface area (Å²) in [5, 5.41) is 0. The first-order valence-corrected chi connectivity index (χ1v) is 5.46. The summed E-state index contributed by atoms with van der Waals surface area (Å²) in [6.45, 7) is 0.514. The Labute approximate surface area is 111 Å². The zero-order valence-electron chi connectivity index (χ0n) is 7.21. The number of nitrogens with two attached hydrogens (primary N) is 2. The Balaban J connectivity index is 0.00000169. The second-order valence-corrected chi connectivity index (χ2v) is 4.41. The fraction of sp³-hybridized carbons (Fsp3) is 0.125. The molecule has 0 atom stereocenters. The van der Waals surface area contributed by atoms with E-state index in [2.05, 4.69) is 43.5 Å². The molecule has 1 aromatic rings. The van der Waals surface area contributed by atoms with E-state index in [1.807, 2.05) is 18.2 Å². The summed E-state index contributed by atoms with van der Waals surface area (Å²) < 4.78 is 2.21. The fourth-order valence-electron chi connectivity index (χ4n) is 0.847. The molecule has 3 nitrogen and oxygen atoms in total. The number of benzene rings is 1. The van der Waals surface area contributed by atoms with Gasteiger partial charge >= 0.3 is 0 Å². The maximum Gasteiger partial charge on any atom is 0.186 e. The molecule has 14 heavy (non-hydrogen) atoms. The quantitative estimate of drug-likeness (QED) is 0.462. The van der Waals surface area contributed by atoms with E-state index in [-0.39, 0.29) is 18.4 Å². The number of hydrogen-bond acceptors (Lipinski definition) is 1. The van der Waals surface area contributed by atoms with Crippen LogP contribution in [0.5, 0.6) is 0 Å². The maximum absolute atomic E-state index is 5.24. The first-order chi connectivity index (χ1) is 6.11. The van der Waals surface area contributed by atoms with E-state index >= 15 is 0 Å². The van der Waals surface area contributed by atoms with Crippen molar-refractivity contribution in [3.8, 4) is 0 Å². The van der Waals surface area contributed by atoms with Gasteiger partial charge in [-0.1, -0.05) is 12.1 Å². The van der Waals surface area contributed by atoms with Crippen LogP contribution in [0.15, 0.2) is 27.7 Å². The third-order valence-corrected chi connectivity index (χ3v) is 4.04. The summed E-state index contributed by atoms with van der Waals surface area (Å²) in [5.41, 5.74) is 11.6. The second kappa shape index (κ2) is 6.47. The first-order valence-electron chi connectivity index (χ1n) is 3.59. The van der Waals surface area contributed by atoms with Crippen LogP contribution in [-0.4, -0.2) is 5.96 Å². The van der Waals surface area contributed by atoms with Crippen LogP contribution < -0.4 is 11.5 Å². The molecular weight excluding hydrogens is 380 g/mol. The number of guanidine groups is 1. The number of rotatable bonds is 2. The van der Waals surface area contributed by atoms with Gasteiger partial charge in [0.1, 0.15) is 0 Å². The zero-order valence-corrected chi connectivity index (χ0v) is 11.8. The Kier molecular flexibility index (Phi) is 6.46. The Morgan fingerprint density at radius 1 is 1.43 bits per heavy atom. The molecule has 0 spiro atoms. The molecule has 4 N–H and O–H groups in total. The van der Waals surface area contributed by atoms with Crippen molar-refractivity contribution in [2.45, 2.75) is 6.54 Å². The van der Waals surface area contributed by atoms with Crippen molar-refractivity contribution in [3.63, 3.8) is 0 Å². The maximum atomic E-state index is 5.24. The van der Waals surface area contributed by atoms with Crippen molar-refractivity contribution < 1.29 is 0 Å². The molecule has 0 saturated carbocycles. The van der Waals surface area contributed by atoms with E-state index in [4.69, 9.17) is 11.5 Å². The first kappa shape index (κ1) is 14.0. The summed E-state index contributed by atoms with van der Waals surface area (Å²) >= 11 is 5.72. The number of aliphatic imine (C=N–C) groups is 1. The highest BCUT2D eigenvalue weighted by molar-refractivity contribution is 14.1. The van der Waals surface area contributed by atoms with Gasteiger partial charge in [-0.05, 0) is 50.2 Å². The Bertz CT molecular complexity index is 339. The molecule has 0 aliphatic heterocycles. The van der Waals surface area contributed by atoms with Crippen LogP contribution in [0.25, 0.3) is 0 Å². The SMILES string of the molecule is Cl.NC(N)=NCc1cccc(I)c1Br. The van der Waals surface area contributed by atoms with Crippen molar-refractivity contribution >= 4 is 56.9 Å². The van der Waals surface area contributed by atoms with Crippen LogP contribution in [0.4, 0.5) is 0 Å². The lowest BCUT2D eigenvalue weighted by atomic mass is 10.2. The molecule has 78 valence electrons. The number of nitrogens with zero attached hydrogens (tertiary/aromatic N) is 1. The smallest absolute Gasteiger partial charge is 0.186 e. The fourth-order valence-corrected chi connectivity index (χ4v) is 1.79. The van der Waals surface area contributed by atoms with E-state index in [0.29, 0.717) is 6.54 Å². The molecule has 0 fully saturated rings. The molecule has 0 aliphatic carbocycles. The van der Waals surface area contributed by atoms with Gasteiger partial charge in [0.2, 0.25) is 0 Å². The number of hydrogen-bond donors (Lipinski definition) is 2. The van der Waals surface area contributed by atoms with Crippen LogP contribution in [0.1, 0.15) is 5.56 Å². The minimum atomic E-state index is 0. The summed E-state index contributed by atoms with van der Waals surface area (Å²) in [7, 11) is 0. The lowest BCUT2D eigenvalue weighted by Gasteiger charge is -2.02.